The molecule has 1 saturated heterocycles. The van der Waals surface area contributed by atoms with E-state index in [0.717, 1.165) is 24.6 Å². The van der Waals surface area contributed by atoms with E-state index in [4.69, 9.17) is 0 Å². The molecular formula is C16H20N6O. The first-order valence-electron chi connectivity index (χ1n) is 7.96. The third-order valence-corrected chi connectivity index (χ3v) is 4.65. The fourth-order valence-electron chi connectivity index (χ4n) is 3.33. The van der Waals surface area contributed by atoms with Crippen LogP contribution in [0.5, 0.6) is 0 Å². The van der Waals surface area contributed by atoms with Crippen LogP contribution in [0.15, 0.2) is 30.3 Å². The molecule has 23 heavy (non-hydrogen) atoms. The number of hydrogen-bond acceptors (Lipinski definition) is 5. The first-order valence-corrected chi connectivity index (χ1v) is 7.96. The first-order chi connectivity index (χ1) is 11.2. The van der Waals surface area contributed by atoms with E-state index in [1.807, 2.05) is 30.0 Å². The van der Waals surface area contributed by atoms with Gasteiger partial charge in [0.1, 0.15) is 11.9 Å². The van der Waals surface area contributed by atoms with Crippen molar-refractivity contribution in [3.05, 3.63) is 47.5 Å². The summed E-state index contributed by atoms with van der Waals surface area (Å²) >= 11 is 0. The van der Waals surface area contributed by atoms with Crippen LogP contribution in [0.2, 0.25) is 0 Å². The molecule has 1 aromatic carbocycles. The zero-order chi connectivity index (χ0) is 15.8. The molecule has 3 heterocycles. The highest BCUT2D eigenvalue weighted by molar-refractivity contribution is 5.82. The highest BCUT2D eigenvalue weighted by Gasteiger charge is 2.34. The van der Waals surface area contributed by atoms with E-state index in [9.17, 15) is 4.79 Å². The maximum absolute atomic E-state index is 12.8. The minimum absolute atomic E-state index is 0.128. The molecule has 2 N–H and O–H groups in total. The monoisotopic (exact) mass is 312 g/mol. The Morgan fingerprint density at radius 2 is 2.00 bits per heavy atom. The number of nitrogens with zero attached hydrogens (tertiary/aromatic N) is 4. The number of hydrogen-bond donors (Lipinski definition) is 2. The smallest absolute Gasteiger partial charge is 0.241 e. The zero-order valence-electron chi connectivity index (χ0n) is 13.1. The lowest BCUT2D eigenvalue weighted by molar-refractivity contribution is -0.134. The van der Waals surface area contributed by atoms with E-state index in [0.29, 0.717) is 13.1 Å². The van der Waals surface area contributed by atoms with Gasteiger partial charge >= 0.3 is 0 Å². The lowest BCUT2D eigenvalue weighted by Gasteiger charge is -2.29. The van der Waals surface area contributed by atoms with Crippen molar-refractivity contribution in [1.29, 1.82) is 0 Å². The number of carbonyl (C=O) groups excluding carboxylic acids is 1. The van der Waals surface area contributed by atoms with Crippen molar-refractivity contribution in [3.8, 4) is 0 Å². The number of hydrazine groups is 1. The molecule has 7 heteroatoms. The molecule has 7 nitrogen and oxygen atoms in total. The van der Waals surface area contributed by atoms with Gasteiger partial charge in [0.15, 0.2) is 5.82 Å². The molecule has 1 aromatic heterocycles. The number of fused-ring (bicyclic) bond motifs is 1. The predicted octanol–water partition coefficient (Wildman–Crippen LogP) is 0.537. The third-order valence-electron chi connectivity index (χ3n) is 4.65. The predicted molar refractivity (Wildman–Crippen MR) is 84.0 cm³/mol. The molecule has 0 bridgehead atoms. The highest BCUT2D eigenvalue weighted by atomic mass is 16.2. The van der Waals surface area contributed by atoms with Crippen LogP contribution in [0.4, 0.5) is 0 Å². The molecule has 2 aliphatic heterocycles. The van der Waals surface area contributed by atoms with E-state index in [-0.39, 0.29) is 18.0 Å². The Labute approximate surface area is 134 Å². The summed E-state index contributed by atoms with van der Waals surface area (Å²) in [5, 5.41) is 8.25. The van der Waals surface area contributed by atoms with Crippen molar-refractivity contribution in [3.63, 3.8) is 0 Å². The van der Waals surface area contributed by atoms with E-state index >= 15 is 0 Å². The van der Waals surface area contributed by atoms with Gasteiger partial charge in [0, 0.05) is 19.1 Å². The summed E-state index contributed by atoms with van der Waals surface area (Å²) in [4.78, 5) is 14.6. The minimum atomic E-state index is -0.198. The standard InChI is InChI=1S/C16H20N6O/c1-11-17-20-15-10-21(7-8-22(11)15)16(23)14-9-13(18-19-14)12-5-3-2-4-6-12/h2-6,13-14,18-19H,7-10H2,1H3. The quantitative estimate of drug-likeness (QED) is 0.846. The van der Waals surface area contributed by atoms with Crippen LogP contribution in [0.3, 0.4) is 0 Å². The summed E-state index contributed by atoms with van der Waals surface area (Å²) in [7, 11) is 0. The molecule has 4 rings (SSSR count). The SMILES string of the molecule is Cc1nnc2n1CCN(C(=O)C1CC(c3ccccc3)NN1)C2. The molecule has 0 aliphatic carbocycles. The topological polar surface area (TPSA) is 75.1 Å². The fraction of sp³-hybridized carbons (Fsp3) is 0.438. The lowest BCUT2D eigenvalue weighted by atomic mass is 10.0. The van der Waals surface area contributed by atoms with Gasteiger partial charge in [0.05, 0.1) is 6.54 Å². The summed E-state index contributed by atoms with van der Waals surface area (Å²) < 4.78 is 2.08. The number of carbonyl (C=O) groups is 1. The van der Waals surface area contributed by atoms with Gasteiger partial charge in [-0.2, -0.15) is 0 Å². The number of rotatable bonds is 2. The molecule has 0 radical (unpaired) electrons. The summed E-state index contributed by atoms with van der Waals surface area (Å²) in [5.41, 5.74) is 7.58. The van der Waals surface area contributed by atoms with Gasteiger partial charge in [-0.3, -0.25) is 4.79 Å². The summed E-state index contributed by atoms with van der Waals surface area (Å²) in [6.07, 6.45) is 0.755. The van der Waals surface area contributed by atoms with Crippen LogP contribution in [0, 0.1) is 6.92 Å². The molecule has 120 valence electrons. The number of aryl methyl sites for hydroxylation is 1. The van der Waals surface area contributed by atoms with Gasteiger partial charge in [-0.1, -0.05) is 30.3 Å². The fourth-order valence-corrected chi connectivity index (χ4v) is 3.33. The number of benzene rings is 1. The average Bonchev–Trinajstić information content (AvgIpc) is 3.22. The third kappa shape index (κ3) is 2.62. The molecule has 2 unspecified atom stereocenters. The Bertz CT molecular complexity index is 713. The van der Waals surface area contributed by atoms with E-state index in [1.54, 1.807) is 0 Å². The van der Waals surface area contributed by atoms with Crippen molar-refractivity contribution in [2.75, 3.05) is 6.54 Å². The Hall–Kier alpha value is -2.25. The second-order valence-electron chi connectivity index (χ2n) is 6.12. The van der Waals surface area contributed by atoms with Crippen molar-refractivity contribution in [2.45, 2.75) is 38.5 Å². The van der Waals surface area contributed by atoms with E-state index in [2.05, 4.69) is 37.7 Å². The minimum Gasteiger partial charge on any atom is -0.332 e. The highest BCUT2D eigenvalue weighted by Crippen LogP contribution is 2.23. The molecule has 2 atom stereocenters. The van der Waals surface area contributed by atoms with Crippen molar-refractivity contribution in [1.82, 2.24) is 30.5 Å². The van der Waals surface area contributed by atoms with Crippen LogP contribution >= 0.6 is 0 Å². The van der Waals surface area contributed by atoms with Crippen LogP contribution in [-0.4, -0.2) is 38.2 Å². The number of aromatic nitrogens is 3. The van der Waals surface area contributed by atoms with Crippen molar-refractivity contribution in [2.24, 2.45) is 0 Å². The van der Waals surface area contributed by atoms with Gasteiger partial charge in [0.2, 0.25) is 5.91 Å². The number of amides is 1. The lowest BCUT2D eigenvalue weighted by Crippen LogP contribution is -2.48. The second-order valence-corrected chi connectivity index (χ2v) is 6.12. The maximum Gasteiger partial charge on any atom is 0.241 e. The van der Waals surface area contributed by atoms with Gasteiger partial charge in [0.25, 0.3) is 0 Å². The Kier molecular flexibility index (Phi) is 3.59. The summed E-state index contributed by atoms with van der Waals surface area (Å²) in [6.45, 7) is 3.95. The Morgan fingerprint density at radius 3 is 2.83 bits per heavy atom. The largest absolute Gasteiger partial charge is 0.332 e. The van der Waals surface area contributed by atoms with Crippen molar-refractivity contribution >= 4 is 5.91 Å². The first kappa shape index (κ1) is 14.3. The van der Waals surface area contributed by atoms with Gasteiger partial charge in [-0.05, 0) is 18.9 Å². The second kappa shape index (κ2) is 5.75. The molecule has 2 aromatic rings. The molecule has 0 spiro atoms. The average molecular weight is 312 g/mol. The molecule has 0 saturated carbocycles. The van der Waals surface area contributed by atoms with E-state index < -0.39 is 0 Å². The Balaban J connectivity index is 1.43. The summed E-state index contributed by atoms with van der Waals surface area (Å²) in [6, 6.07) is 10.2. The van der Waals surface area contributed by atoms with E-state index in [1.165, 1.54) is 5.56 Å². The van der Waals surface area contributed by atoms with Gasteiger partial charge in [-0.25, -0.2) is 10.9 Å². The van der Waals surface area contributed by atoms with Gasteiger partial charge < -0.3 is 9.47 Å². The van der Waals surface area contributed by atoms with Gasteiger partial charge in [-0.15, -0.1) is 10.2 Å². The van der Waals surface area contributed by atoms with Crippen LogP contribution in [0.25, 0.3) is 0 Å². The van der Waals surface area contributed by atoms with Crippen LogP contribution in [0.1, 0.15) is 29.7 Å². The maximum atomic E-state index is 12.8. The molecule has 1 amide bonds. The zero-order valence-corrected chi connectivity index (χ0v) is 13.1. The number of nitrogens with one attached hydrogen (secondary N) is 2. The van der Waals surface area contributed by atoms with Crippen LogP contribution in [-0.2, 0) is 17.9 Å². The summed E-state index contributed by atoms with van der Waals surface area (Å²) in [5.74, 6) is 1.91. The molecular weight excluding hydrogens is 292 g/mol. The Morgan fingerprint density at radius 1 is 1.17 bits per heavy atom. The van der Waals surface area contributed by atoms with Crippen LogP contribution < -0.4 is 10.9 Å². The molecule has 2 aliphatic rings. The van der Waals surface area contributed by atoms with Crippen molar-refractivity contribution < 1.29 is 4.79 Å². The normalized spacial score (nSPS) is 23.8. The molecule has 1 fully saturated rings.